The average Bonchev–Trinajstić information content (AvgIpc) is 3.02. The summed E-state index contributed by atoms with van der Waals surface area (Å²) in [5, 5.41) is 15.2. The Hall–Kier alpha value is -3.16. The summed E-state index contributed by atoms with van der Waals surface area (Å²) in [7, 11) is 3.14. The number of benzene rings is 1. The van der Waals surface area contributed by atoms with Crippen molar-refractivity contribution in [1.29, 1.82) is 0 Å². The molecule has 0 unspecified atom stereocenters. The number of methoxy groups -OCH3 is 2. The zero-order chi connectivity index (χ0) is 16.9. The smallest absolute Gasteiger partial charge is 0.231 e. The normalized spacial score (nSPS) is 10.6. The minimum atomic E-state index is -0.111. The number of anilines is 1. The highest BCUT2D eigenvalue weighted by Gasteiger charge is 2.10. The van der Waals surface area contributed by atoms with Crippen molar-refractivity contribution < 1.29 is 14.3 Å². The average molecular weight is 327 g/mol. The van der Waals surface area contributed by atoms with Gasteiger partial charge in [-0.15, -0.1) is 15.3 Å². The fourth-order valence-electron chi connectivity index (χ4n) is 2.20. The molecule has 1 N–H and O–H groups in total. The number of hydrogen-bond donors (Lipinski definition) is 1. The SMILES string of the molecule is COc1ccc(NC(=O)CCc2nnc3ccc(OC)nn23)cc1. The predicted octanol–water partition coefficient (Wildman–Crippen LogP) is 1.71. The van der Waals surface area contributed by atoms with Crippen LogP contribution < -0.4 is 14.8 Å². The largest absolute Gasteiger partial charge is 0.497 e. The van der Waals surface area contributed by atoms with Gasteiger partial charge in [0.1, 0.15) is 5.75 Å². The van der Waals surface area contributed by atoms with Gasteiger partial charge in [0.25, 0.3) is 0 Å². The van der Waals surface area contributed by atoms with E-state index in [-0.39, 0.29) is 12.3 Å². The number of fused-ring (bicyclic) bond motifs is 1. The molecule has 0 bridgehead atoms. The number of ether oxygens (including phenoxy) is 2. The van der Waals surface area contributed by atoms with Crippen molar-refractivity contribution in [2.75, 3.05) is 19.5 Å². The number of aryl methyl sites for hydroxylation is 1. The molecule has 8 nitrogen and oxygen atoms in total. The van der Waals surface area contributed by atoms with Gasteiger partial charge in [-0.2, -0.15) is 4.52 Å². The number of nitrogens with zero attached hydrogens (tertiary/aromatic N) is 4. The van der Waals surface area contributed by atoms with Crippen molar-refractivity contribution in [3.63, 3.8) is 0 Å². The standard InChI is InChI=1S/C16H17N5O3/c1-23-12-5-3-11(4-6-12)17-15(22)9-7-13-18-19-14-8-10-16(24-2)20-21(13)14/h3-6,8,10H,7,9H2,1-2H3,(H,17,22). The summed E-state index contributed by atoms with van der Waals surface area (Å²) in [5.74, 6) is 1.70. The van der Waals surface area contributed by atoms with Crippen molar-refractivity contribution in [1.82, 2.24) is 19.8 Å². The summed E-state index contributed by atoms with van der Waals surface area (Å²) in [6.45, 7) is 0. The van der Waals surface area contributed by atoms with E-state index in [4.69, 9.17) is 9.47 Å². The highest BCUT2D eigenvalue weighted by molar-refractivity contribution is 5.90. The zero-order valence-electron chi connectivity index (χ0n) is 13.4. The van der Waals surface area contributed by atoms with Crippen LogP contribution in [0.15, 0.2) is 36.4 Å². The van der Waals surface area contributed by atoms with Crippen molar-refractivity contribution in [3.05, 3.63) is 42.2 Å². The van der Waals surface area contributed by atoms with Crippen LogP contribution in [0.1, 0.15) is 12.2 Å². The second-order valence-corrected chi connectivity index (χ2v) is 5.04. The first-order valence-corrected chi connectivity index (χ1v) is 7.39. The van der Waals surface area contributed by atoms with E-state index in [1.54, 1.807) is 55.1 Å². The third kappa shape index (κ3) is 3.43. The Morgan fingerprint density at radius 3 is 2.58 bits per heavy atom. The van der Waals surface area contributed by atoms with Crippen LogP contribution in [0.5, 0.6) is 11.6 Å². The minimum absolute atomic E-state index is 0.111. The summed E-state index contributed by atoms with van der Waals surface area (Å²) in [5.41, 5.74) is 1.33. The first kappa shape index (κ1) is 15.7. The minimum Gasteiger partial charge on any atom is -0.497 e. The lowest BCUT2D eigenvalue weighted by Crippen LogP contribution is -2.13. The molecule has 8 heteroatoms. The highest BCUT2D eigenvalue weighted by Crippen LogP contribution is 2.15. The number of rotatable bonds is 6. The molecular formula is C16H17N5O3. The Morgan fingerprint density at radius 2 is 1.88 bits per heavy atom. The number of carbonyl (C=O) groups excluding carboxylic acids is 1. The van der Waals surface area contributed by atoms with E-state index >= 15 is 0 Å². The molecular weight excluding hydrogens is 310 g/mol. The number of hydrogen-bond acceptors (Lipinski definition) is 6. The lowest BCUT2D eigenvalue weighted by atomic mass is 10.2. The van der Waals surface area contributed by atoms with Crippen LogP contribution in [0.25, 0.3) is 5.65 Å². The lowest BCUT2D eigenvalue weighted by molar-refractivity contribution is -0.116. The van der Waals surface area contributed by atoms with Gasteiger partial charge >= 0.3 is 0 Å². The zero-order valence-corrected chi connectivity index (χ0v) is 13.4. The third-order valence-electron chi connectivity index (χ3n) is 3.46. The van der Waals surface area contributed by atoms with E-state index in [2.05, 4.69) is 20.6 Å². The molecule has 0 aliphatic carbocycles. The Labute approximate surface area is 138 Å². The number of nitrogens with one attached hydrogen (secondary N) is 1. The molecule has 0 saturated heterocycles. The molecule has 24 heavy (non-hydrogen) atoms. The number of amides is 1. The van der Waals surface area contributed by atoms with Gasteiger partial charge in [0.2, 0.25) is 11.8 Å². The van der Waals surface area contributed by atoms with Gasteiger partial charge in [-0.3, -0.25) is 4.79 Å². The van der Waals surface area contributed by atoms with Gasteiger partial charge < -0.3 is 14.8 Å². The fraction of sp³-hybridized carbons (Fsp3) is 0.250. The Balaban J connectivity index is 1.63. The summed E-state index contributed by atoms with van der Waals surface area (Å²) < 4.78 is 11.8. The van der Waals surface area contributed by atoms with Crippen LogP contribution >= 0.6 is 0 Å². The van der Waals surface area contributed by atoms with Gasteiger partial charge in [-0.05, 0) is 30.3 Å². The maximum absolute atomic E-state index is 12.1. The Kier molecular flexibility index (Phi) is 4.55. The van der Waals surface area contributed by atoms with Crippen LogP contribution in [0.3, 0.4) is 0 Å². The van der Waals surface area contributed by atoms with Crippen molar-refractivity contribution >= 4 is 17.2 Å². The summed E-state index contributed by atoms with van der Waals surface area (Å²) in [6.07, 6.45) is 0.690. The molecule has 0 aliphatic rings. The molecule has 0 fully saturated rings. The molecule has 0 spiro atoms. The monoisotopic (exact) mass is 327 g/mol. The summed E-state index contributed by atoms with van der Waals surface area (Å²) >= 11 is 0. The van der Waals surface area contributed by atoms with Crippen molar-refractivity contribution in [2.45, 2.75) is 12.8 Å². The van der Waals surface area contributed by atoms with Crippen molar-refractivity contribution in [3.8, 4) is 11.6 Å². The second kappa shape index (κ2) is 6.95. The summed E-state index contributed by atoms with van der Waals surface area (Å²) in [6, 6.07) is 10.6. The first-order chi connectivity index (χ1) is 11.7. The number of carbonyl (C=O) groups is 1. The van der Waals surface area contributed by atoms with E-state index in [1.807, 2.05) is 0 Å². The van der Waals surface area contributed by atoms with E-state index in [9.17, 15) is 4.79 Å². The molecule has 3 rings (SSSR count). The fourth-order valence-corrected chi connectivity index (χ4v) is 2.20. The summed E-state index contributed by atoms with van der Waals surface area (Å²) in [4.78, 5) is 12.1. The van der Waals surface area contributed by atoms with Gasteiger partial charge in [0, 0.05) is 24.6 Å². The van der Waals surface area contributed by atoms with E-state index in [1.165, 1.54) is 0 Å². The molecule has 0 aliphatic heterocycles. The molecule has 1 aromatic carbocycles. The molecule has 124 valence electrons. The van der Waals surface area contributed by atoms with Crippen LogP contribution in [0.2, 0.25) is 0 Å². The van der Waals surface area contributed by atoms with Gasteiger partial charge in [-0.25, -0.2) is 0 Å². The Morgan fingerprint density at radius 1 is 1.08 bits per heavy atom. The van der Waals surface area contributed by atoms with Crippen LogP contribution in [-0.4, -0.2) is 39.9 Å². The van der Waals surface area contributed by atoms with Gasteiger partial charge in [0.05, 0.1) is 14.2 Å². The molecule has 0 radical (unpaired) electrons. The topological polar surface area (TPSA) is 90.6 Å². The molecule has 2 heterocycles. The molecule has 3 aromatic rings. The quantitative estimate of drug-likeness (QED) is 0.741. The Bertz CT molecular complexity index is 845. The van der Waals surface area contributed by atoms with E-state index < -0.39 is 0 Å². The number of aromatic nitrogens is 4. The van der Waals surface area contributed by atoms with E-state index in [0.29, 0.717) is 29.5 Å². The second-order valence-electron chi connectivity index (χ2n) is 5.04. The van der Waals surface area contributed by atoms with E-state index in [0.717, 1.165) is 5.75 Å². The maximum Gasteiger partial charge on any atom is 0.231 e. The first-order valence-electron chi connectivity index (χ1n) is 7.39. The maximum atomic E-state index is 12.1. The highest BCUT2D eigenvalue weighted by atomic mass is 16.5. The molecule has 2 aromatic heterocycles. The van der Waals surface area contributed by atoms with Crippen LogP contribution in [0.4, 0.5) is 5.69 Å². The lowest BCUT2D eigenvalue weighted by Gasteiger charge is -2.06. The van der Waals surface area contributed by atoms with Crippen LogP contribution in [0, 0.1) is 0 Å². The predicted molar refractivity (Wildman–Crippen MR) is 87.3 cm³/mol. The van der Waals surface area contributed by atoms with Crippen LogP contribution in [-0.2, 0) is 11.2 Å². The molecule has 0 saturated carbocycles. The van der Waals surface area contributed by atoms with Gasteiger partial charge in [-0.1, -0.05) is 0 Å². The van der Waals surface area contributed by atoms with Crippen molar-refractivity contribution in [2.24, 2.45) is 0 Å². The van der Waals surface area contributed by atoms with Gasteiger partial charge in [0.15, 0.2) is 11.5 Å². The molecule has 0 atom stereocenters. The third-order valence-corrected chi connectivity index (χ3v) is 3.46. The molecule has 1 amide bonds.